The standard InChI is InChI=1S/C22H32O4/c1-2-3-4-5-6-7-8-9-10-11-12-13-14-15-16-17-18-19-20-21(26-25)22(23)24/h10-20,25H,2-9H2,1H3,(H,23,24). The van der Waals surface area contributed by atoms with Gasteiger partial charge in [0.2, 0.25) is 5.76 Å². The fraction of sp³-hybridized carbons (Fsp3) is 0.409. The van der Waals surface area contributed by atoms with Gasteiger partial charge < -0.3 is 9.99 Å². The van der Waals surface area contributed by atoms with Gasteiger partial charge in [-0.3, -0.25) is 0 Å². The summed E-state index contributed by atoms with van der Waals surface area (Å²) in [5, 5.41) is 16.9. The highest BCUT2D eigenvalue weighted by Crippen LogP contribution is 2.08. The molecule has 0 aromatic rings. The first-order chi connectivity index (χ1) is 12.7. The van der Waals surface area contributed by atoms with Crippen LogP contribution >= 0.6 is 0 Å². The van der Waals surface area contributed by atoms with Gasteiger partial charge in [0.15, 0.2) is 0 Å². The monoisotopic (exact) mass is 360 g/mol. The van der Waals surface area contributed by atoms with Gasteiger partial charge in [0.05, 0.1) is 0 Å². The number of hydrogen-bond donors (Lipinski definition) is 2. The van der Waals surface area contributed by atoms with Gasteiger partial charge in [0, 0.05) is 0 Å². The maximum Gasteiger partial charge on any atom is 0.375 e. The van der Waals surface area contributed by atoms with Crippen LogP contribution in [0.2, 0.25) is 0 Å². The molecule has 0 spiro atoms. The number of rotatable bonds is 15. The predicted octanol–water partition coefficient (Wildman–Crippen LogP) is 6.37. The van der Waals surface area contributed by atoms with E-state index in [2.05, 4.69) is 24.0 Å². The van der Waals surface area contributed by atoms with Gasteiger partial charge in [-0.15, -0.1) is 0 Å². The summed E-state index contributed by atoms with van der Waals surface area (Å²) in [4.78, 5) is 14.2. The van der Waals surface area contributed by atoms with Crippen LogP contribution < -0.4 is 0 Å². The first-order valence-corrected chi connectivity index (χ1v) is 9.30. The molecule has 0 aliphatic rings. The van der Waals surface area contributed by atoms with Crippen LogP contribution in [-0.2, 0) is 9.68 Å². The molecular formula is C22H32O4. The van der Waals surface area contributed by atoms with E-state index in [-0.39, 0.29) is 0 Å². The molecule has 26 heavy (non-hydrogen) atoms. The molecule has 0 unspecified atom stereocenters. The van der Waals surface area contributed by atoms with E-state index in [1.807, 2.05) is 30.4 Å². The van der Waals surface area contributed by atoms with E-state index in [9.17, 15) is 4.79 Å². The molecular weight excluding hydrogens is 328 g/mol. The number of unbranched alkanes of at least 4 members (excludes halogenated alkanes) is 7. The third-order valence-electron chi connectivity index (χ3n) is 3.56. The van der Waals surface area contributed by atoms with Crippen LogP contribution in [0.4, 0.5) is 0 Å². The lowest BCUT2D eigenvalue weighted by atomic mass is 10.1. The lowest BCUT2D eigenvalue weighted by molar-refractivity contribution is -0.210. The fourth-order valence-electron chi connectivity index (χ4n) is 2.13. The first kappa shape index (κ1) is 23.7. The third kappa shape index (κ3) is 16.5. The zero-order valence-electron chi connectivity index (χ0n) is 15.7. The number of aliphatic carboxylic acids is 1. The van der Waals surface area contributed by atoms with Crippen molar-refractivity contribution >= 4 is 5.97 Å². The summed E-state index contributed by atoms with van der Waals surface area (Å²) < 4.78 is 0. The third-order valence-corrected chi connectivity index (χ3v) is 3.56. The molecule has 2 N–H and O–H groups in total. The molecule has 0 aliphatic heterocycles. The molecule has 0 aliphatic carbocycles. The second kappa shape index (κ2) is 19.0. The lowest BCUT2D eigenvalue weighted by Gasteiger charge is -1.98. The maximum absolute atomic E-state index is 10.5. The minimum atomic E-state index is -1.33. The minimum absolute atomic E-state index is 0.531. The summed E-state index contributed by atoms with van der Waals surface area (Å²) in [5.41, 5.74) is 0. The van der Waals surface area contributed by atoms with E-state index in [0.717, 1.165) is 12.5 Å². The van der Waals surface area contributed by atoms with Gasteiger partial charge >= 0.3 is 5.97 Å². The van der Waals surface area contributed by atoms with Gasteiger partial charge in [0.25, 0.3) is 0 Å². The van der Waals surface area contributed by atoms with Crippen molar-refractivity contribution in [3.63, 3.8) is 0 Å². The largest absolute Gasteiger partial charge is 0.475 e. The molecule has 144 valence electrons. The highest BCUT2D eigenvalue weighted by Gasteiger charge is 2.05. The Kier molecular flexibility index (Phi) is 17.3. The second-order valence-corrected chi connectivity index (χ2v) is 5.81. The van der Waals surface area contributed by atoms with Gasteiger partial charge in [-0.1, -0.05) is 106 Å². The van der Waals surface area contributed by atoms with Crippen molar-refractivity contribution in [2.45, 2.75) is 58.3 Å². The van der Waals surface area contributed by atoms with E-state index in [1.165, 1.54) is 51.0 Å². The molecule has 4 nitrogen and oxygen atoms in total. The summed E-state index contributed by atoms with van der Waals surface area (Å²) in [6, 6.07) is 0. The van der Waals surface area contributed by atoms with Crippen molar-refractivity contribution in [1.82, 2.24) is 0 Å². The van der Waals surface area contributed by atoms with Crippen LogP contribution in [0.25, 0.3) is 0 Å². The van der Waals surface area contributed by atoms with E-state index >= 15 is 0 Å². The van der Waals surface area contributed by atoms with Crippen molar-refractivity contribution in [3.05, 3.63) is 72.6 Å². The Morgan fingerprint density at radius 1 is 0.769 bits per heavy atom. The summed E-state index contributed by atoms with van der Waals surface area (Å²) in [5.74, 6) is -1.86. The van der Waals surface area contributed by atoms with E-state index in [4.69, 9.17) is 10.4 Å². The van der Waals surface area contributed by atoms with E-state index < -0.39 is 11.7 Å². The number of carboxylic acids is 1. The minimum Gasteiger partial charge on any atom is -0.475 e. The van der Waals surface area contributed by atoms with Gasteiger partial charge in [-0.2, -0.15) is 0 Å². The van der Waals surface area contributed by atoms with Crippen molar-refractivity contribution in [2.24, 2.45) is 0 Å². The summed E-state index contributed by atoms with van der Waals surface area (Å²) in [6.07, 6.45) is 30.3. The zero-order valence-corrected chi connectivity index (χ0v) is 15.7. The highest BCUT2D eigenvalue weighted by atomic mass is 17.1. The Morgan fingerprint density at radius 3 is 1.81 bits per heavy atom. The first-order valence-electron chi connectivity index (χ1n) is 9.30. The smallest absolute Gasteiger partial charge is 0.375 e. The average Bonchev–Trinajstić information content (AvgIpc) is 2.63. The van der Waals surface area contributed by atoms with Gasteiger partial charge in [-0.05, 0) is 18.9 Å². The van der Waals surface area contributed by atoms with Crippen LogP contribution in [0.3, 0.4) is 0 Å². The molecule has 0 fully saturated rings. The Bertz CT molecular complexity index is 522. The second-order valence-electron chi connectivity index (χ2n) is 5.81. The number of hydrogen-bond acceptors (Lipinski definition) is 3. The molecule has 0 radical (unpaired) electrons. The molecule has 4 heteroatoms. The SMILES string of the molecule is CCCCCCCCCC=CC=CC=CC=CC=CC=C(OO)C(=O)O. The van der Waals surface area contributed by atoms with E-state index in [1.54, 1.807) is 12.2 Å². The lowest BCUT2D eigenvalue weighted by Crippen LogP contribution is -2.01. The molecule has 0 rings (SSSR count). The van der Waals surface area contributed by atoms with Crippen molar-refractivity contribution in [1.29, 1.82) is 0 Å². The molecule has 0 heterocycles. The van der Waals surface area contributed by atoms with Crippen LogP contribution in [0.1, 0.15) is 58.3 Å². The number of carbonyl (C=O) groups is 1. The van der Waals surface area contributed by atoms with Crippen LogP contribution in [0.15, 0.2) is 72.6 Å². The number of carboxylic acid groups (broad SMARTS) is 1. The molecule has 0 saturated carbocycles. The Morgan fingerprint density at radius 2 is 1.27 bits per heavy atom. The molecule has 0 aromatic heterocycles. The topological polar surface area (TPSA) is 66.8 Å². The van der Waals surface area contributed by atoms with Gasteiger partial charge in [0.1, 0.15) is 0 Å². The quantitative estimate of drug-likeness (QED) is 0.0889. The Hall–Kier alpha value is -2.33. The molecule has 0 saturated heterocycles. The summed E-state index contributed by atoms with van der Waals surface area (Å²) >= 11 is 0. The normalized spacial score (nSPS) is 13.2. The average molecular weight is 360 g/mol. The van der Waals surface area contributed by atoms with Crippen molar-refractivity contribution in [3.8, 4) is 0 Å². The van der Waals surface area contributed by atoms with Crippen molar-refractivity contribution < 1.29 is 20.0 Å². The maximum atomic E-state index is 10.5. The molecule has 0 amide bonds. The van der Waals surface area contributed by atoms with Crippen molar-refractivity contribution in [2.75, 3.05) is 0 Å². The predicted molar refractivity (Wildman–Crippen MR) is 108 cm³/mol. The summed E-state index contributed by atoms with van der Waals surface area (Å²) in [6.45, 7) is 2.24. The summed E-state index contributed by atoms with van der Waals surface area (Å²) in [7, 11) is 0. The van der Waals surface area contributed by atoms with Crippen LogP contribution in [-0.4, -0.2) is 16.3 Å². The van der Waals surface area contributed by atoms with Crippen LogP contribution in [0.5, 0.6) is 0 Å². The van der Waals surface area contributed by atoms with Gasteiger partial charge in [-0.25, -0.2) is 10.1 Å². The van der Waals surface area contributed by atoms with E-state index in [0.29, 0.717) is 0 Å². The Balaban J connectivity index is 3.76. The number of allylic oxidation sites excluding steroid dienone is 11. The fourth-order valence-corrected chi connectivity index (χ4v) is 2.13. The molecule has 0 atom stereocenters. The zero-order chi connectivity index (χ0) is 19.3. The molecule has 0 aromatic carbocycles. The Labute approximate surface area is 157 Å². The van der Waals surface area contributed by atoms with Crippen LogP contribution in [0, 0.1) is 0 Å². The molecule has 0 bridgehead atoms. The highest BCUT2D eigenvalue weighted by molar-refractivity contribution is 5.84.